The molecule has 2 aromatic rings. The van der Waals surface area contributed by atoms with Gasteiger partial charge in [0.1, 0.15) is 17.1 Å². The van der Waals surface area contributed by atoms with Crippen molar-refractivity contribution in [2.75, 3.05) is 31.6 Å². The Hall–Kier alpha value is -2.57. The third kappa shape index (κ3) is 5.99. The van der Waals surface area contributed by atoms with Crippen molar-refractivity contribution in [3.05, 3.63) is 59.7 Å². The zero-order chi connectivity index (χ0) is 25.1. The number of piperidine rings is 1. The SMILES string of the molecule is CNC(=O)CCC(C)(O)N1CCC2(CCN(Cc3ccc(C(C)C)cc3)c3ccccc3O2)CC1. The first-order valence-electron chi connectivity index (χ1n) is 13.0. The summed E-state index contributed by atoms with van der Waals surface area (Å²) >= 11 is 0. The van der Waals surface area contributed by atoms with Crippen molar-refractivity contribution in [2.45, 2.75) is 76.7 Å². The Morgan fingerprint density at radius 1 is 1.09 bits per heavy atom. The second-order valence-electron chi connectivity index (χ2n) is 10.7. The van der Waals surface area contributed by atoms with Gasteiger partial charge in [-0.15, -0.1) is 0 Å². The van der Waals surface area contributed by atoms with Gasteiger partial charge in [-0.3, -0.25) is 9.69 Å². The Labute approximate surface area is 210 Å². The first kappa shape index (κ1) is 25.5. The number of carbonyl (C=O) groups excluding carboxylic acids is 1. The predicted molar refractivity (Wildman–Crippen MR) is 141 cm³/mol. The van der Waals surface area contributed by atoms with Gasteiger partial charge in [-0.25, -0.2) is 0 Å². The van der Waals surface area contributed by atoms with Crippen LogP contribution >= 0.6 is 0 Å². The third-order valence-electron chi connectivity index (χ3n) is 7.85. The van der Waals surface area contributed by atoms with Crippen molar-refractivity contribution < 1.29 is 14.6 Å². The van der Waals surface area contributed by atoms with Gasteiger partial charge < -0.3 is 20.1 Å². The lowest BCUT2D eigenvalue weighted by Crippen LogP contribution is -2.56. The summed E-state index contributed by atoms with van der Waals surface area (Å²) in [6, 6.07) is 17.4. The number of nitrogens with one attached hydrogen (secondary N) is 1. The number of aliphatic hydroxyl groups is 1. The third-order valence-corrected chi connectivity index (χ3v) is 7.85. The van der Waals surface area contributed by atoms with Gasteiger partial charge in [0.05, 0.1) is 5.69 Å². The van der Waals surface area contributed by atoms with Crippen LogP contribution in [-0.2, 0) is 11.3 Å². The maximum Gasteiger partial charge on any atom is 0.219 e. The number of para-hydroxylation sites is 2. The Kier molecular flexibility index (Phi) is 7.72. The molecule has 6 nitrogen and oxygen atoms in total. The summed E-state index contributed by atoms with van der Waals surface area (Å²) < 4.78 is 6.77. The molecule has 2 heterocycles. The largest absolute Gasteiger partial charge is 0.485 e. The van der Waals surface area contributed by atoms with Crippen LogP contribution < -0.4 is 15.0 Å². The first-order chi connectivity index (χ1) is 16.7. The summed E-state index contributed by atoms with van der Waals surface area (Å²) in [5, 5.41) is 13.7. The van der Waals surface area contributed by atoms with Gasteiger partial charge in [0.25, 0.3) is 0 Å². The molecular formula is C29H41N3O3. The van der Waals surface area contributed by atoms with Crippen LogP contribution in [0.1, 0.15) is 69.9 Å². The molecular weight excluding hydrogens is 438 g/mol. The molecule has 35 heavy (non-hydrogen) atoms. The minimum Gasteiger partial charge on any atom is -0.485 e. The van der Waals surface area contributed by atoms with Crippen molar-refractivity contribution in [2.24, 2.45) is 0 Å². The monoisotopic (exact) mass is 479 g/mol. The molecule has 2 aliphatic rings. The zero-order valence-corrected chi connectivity index (χ0v) is 21.7. The van der Waals surface area contributed by atoms with Crippen molar-refractivity contribution in [1.29, 1.82) is 0 Å². The van der Waals surface area contributed by atoms with Gasteiger partial charge in [0.2, 0.25) is 5.91 Å². The van der Waals surface area contributed by atoms with E-state index in [2.05, 4.69) is 71.4 Å². The minimum atomic E-state index is -0.995. The summed E-state index contributed by atoms with van der Waals surface area (Å²) in [6.07, 6.45) is 3.40. The van der Waals surface area contributed by atoms with E-state index in [0.717, 1.165) is 56.9 Å². The average Bonchev–Trinajstić information content (AvgIpc) is 3.00. The molecule has 0 radical (unpaired) electrons. The van der Waals surface area contributed by atoms with Gasteiger partial charge in [-0.05, 0) is 42.5 Å². The Morgan fingerprint density at radius 3 is 2.40 bits per heavy atom. The van der Waals surface area contributed by atoms with E-state index in [-0.39, 0.29) is 11.5 Å². The van der Waals surface area contributed by atoms with Crippen LogP contribution in [0.25, 0.3) is 0 Å². The maximum absolute atomic E-state index is 11.7. The number of benzene rings is 2. The van der Waals surface area contributed by atoms with E-state index in [1.165, 1.54) is 11.1 Å². The van der Waals surface area contributed by atoms with Gasteiger partial charge >= 0.3 is 0 Å². The highest BCUT2D eigenvalue weighted by atomic mass is 16.5. The van der Waals surface area contributed by atoms with E-state index in [1.54, 1.807) is 7.05 Å². The molecule has 2 aromatic carbocycles. The lowest BCUT2D eigenvalue weighted by Gasteiger charge is -2.46. The van der Waals surface area contributed by atoms with Crippen LogP contribution in [0.4, 0.5) is 5.69 Å². The van der Waals surface area contributed by atoms with E-state index in [9.17, 15) is 9.90 Å². The van der Waals surface area contributed by atoms with Crippen LogP contribution in [0, 0.1) is 0 Å². The number of hydrogen-bond donors (Lipinski definition) is 2. The fraction of sp³-hybridized carbons (Fsp3) is 0.552. The Balaban J connectivity index is 1.45. The molecule has 6 heteroatoms. The molecule has 1 atom stereocenters. The van der Waals surface area contributed by atoms with Gasteiger partial charge in [-0.1, -0.05) is 50.2 Å². The number of carbonyl (C=O) groups is 1. The maximum atomic E-state index is 11.7. The number of anilines is 1. The van der Waals surface area contributed by atoms with Crippen LogP contribution in [0.15, 0.2) is 48.5 Å². The number of rotatable bonds is 7. The molecule has 1 unspecified atom stereocenters. The van der Waals surface area contributed by atoms with E-state index in [1.807, 2.05) is 13.0 Å². The zero-order valence-electron chi connectivity index (χ0n) is 21.7. The number of hydrogen-bond acceptors (Lipinski definition) is 5. The normalized spacial score (nSPS) is 19.5. The number of ether oxygens (including phenoxy) is 1. The lowest BCUT2D eigenvalue weighted by atomic mass is 9.86. The smallest absolute Gasteiger partial charge is 0.219 e. The number of amides is 1. The molecule has 1 amide bonds. The van der Waals surface area contributed by atoms with Gasteiger partial charge in [0.15, 0.2) is 0 Å². The summed E-state index contributed by atoms with van der Waals surface area (Å²) in [5.74, 6) is 1.44. The number of likely N-dealkylation sites (tertiary alicyclic amines) is 1. The first-order valence-corrected chi connectivity index (χ1v) is 13.0. The van der Waals surface area contributed by atoms with Gasteiger partial charge in [0, 0.05) is 58.9 Å². The standard InChI is InChI=1S/C29H41N3O3/c1-22(2)24-11-9-23(10-12-24)21-31-18-15-29(35-26-8-6-5-7-25(26)31)16-19-32(20-17-29)28(3,34)14-13-27(33)30-4/h5-12,22,34H,13-21H2,1-4H3,(H,30,33). The highest BCUT2D eigenvalue weighted by molar-refractivity contribution is 5.75. The van der Waals surface area contributed by atoms with E-state index >= 15 is 0 Å². The minimum absolute atomic E-state index is 0.0404. The molecule has 2 aliphatic heterocycles. The van der Waals surface area contributed by atoms with Gasteiger partial charge in [-0.2, -0.15) is 0 Å². The topological polar surface area (TPSA) is 65.0 Å². The summed E-state index contributed by atoms with van der Waals surface area (Å²) in [4.78, 5) is 16.2. The Morgan fingerprint density at radius 2 is 1.74 bits per heavy atom. The highest BCUT2D eigenvalue weighted by Gasteiger charge is 2.43. The summed E-state index contributed by atoms with van der Waals surface area (Å²) in [7, 11) is 1.63. The van der Waals surface area contributed by atoms with Crippen LogP contribution in [0.2, 0.25) is 0 Å². The predicted octanol–water partition coefficient (Wildman–Crippen LogP) is 4.67. The van der Waals surface area contributed by atoms with E-state index < -0.39 is 5.72 Å². The van der Waals surface area contributed by atoms with Crippen LogP contribution in [0.3, 0.4) is 0 Å². The highest BCUT2D eigenvalue weighted by Crippen LogP contribution is 2.41. The fourth-order valence-electron chi connectivity index (χ4n) is 5.32. The molecule has 1 spiro atoms. The fourth-order valence-corrected chi connectivity index (χ4v) is 5.32. The molecule has 190 valence electrons. The molecule has 1 saturated heterocycles. The number of nitrogens with zero attached hydrogens (tertiary/aromatic N) is 2. The summed E-state index contributed by atoms with van der Waals surface area (Å²) in [5.41, 5.74) is 2.59. The molecule has 0 bridgehead atoms. The quantitative estimate of drug-likeness (QED) is 0.604. The van der Waals surface area contributed by atoms with Crippen LogP contribution in [0.5, 0.6) is 5.75 Å². The van der Waals surface area contributed by atoms with Crippen molar-refractivity contribution in [3.8, 4) is 5.75 Å². The molecule has 2 N–H and O–H groups in total. The van der Waals surface area contributed by atoms with Crippen molar-refractivity contribution >= 4 is 11.6 Å². The summed E-state index contributed by atoms with van der Waals surface area (Å²) in [6.45, 7) is 9.56. The lowest BCUT2D eigenvalue weighted by molar-refractivity contribution is -0.139. The molecule has 0 aromatic heterocycles. The van der Waals surface area contributed by atoms with E-state index in [4.69, 9.17) is 4.74 Å². The molecule has 1 fully saturated rings. The van der Waals surface area contributed by atoms with Crippen molar-refractivity contribution in [3.63, 3.8) is 0 Å². The number of fused-ring (bicyclic) bond motifs is 1. The molecule has 0 saturated carbocycles. The second-order valence-corrected chi connectivity index (χ2v) is 10.7. The molecule has 0 aliphatic carbocycles. The van der Waals surface area contributed by atoms with E-state index in [0.29, 0.717) is 18.8 Å². The second kappa shape index (κ2) is 10.6. The molecule has 4 rings (SSSR count). The Bertz CT molecular complexity index is 994. The van der Waals surface area contributed by atoms with Crippen LogP contribution in [-0.4, -0.2) is 53.9 Å². The van der Waals surface area contributed by atoms with Crippen molar-refractivity contribution in [1.82, 2.24) is 10.2 Å². The average molecular weight is 480 g/mol.